The molecule has 0 radical (unpaired) electrons. The van der Waals surface area contributed by atoms with Gasteiger partial charge in [0.05, 0.1) is 5.41 Å². The van der Waals surface area contributed by atoms with Gasteiger partial charge in [-0.05, 0) is 47.8 Å². The number of rotatable bonds is 6. The fourth-order valence-electron chi connectivity index (χ4n) is 3.13. The molecule has 1 atom stereocenters. The van der Waals surface area contributed by atoms with Gasteiger partial charge in [-0.2, -0.15) is 0 Å². The van der Waals surface area contributed by atoms with Crippen LogP contribution < -0.4 is 0 Å². The molecule has 1 aromatic rings. The smallest absolute Gasteiger partial charge is 0.192 e. The van der Waals surface area contributed by atoms with Gasteiger partial charge >= 0.3 is 0 Å². The first kappa shape index (κ1) is 20.7. The van der Waals surface area contributed by atoms with E-state index in [9.17, 15) is 0 Å². The van der Waals surface area contributed by atoms with Crippen LogP contribution in [0.15, 0.2) is 24.3 Å². The van der Waals surface area contributed by atoms with E-state index in [0.29, 0.717) is 6.61 Å². The molecule has 0 heterocycles. The predicted octanol–water partition coefficient (Wildman–Crippen LogP) is 5.64. The number of ether oxygens (including phenoxy) is 2. The Labute approximate surface area is 158 Å². The Morgan fingerprint density at radius 2 is 1.84 bits per heavy atom. The highest BCUT2D eigenvalue weighted by atomic mass is 35.5. The molecule has 3 nitrogen and oxygen atoms in total. The standard InChI is InChI=1S/C20H31ClO3Si/c1-19(2,3)25(6,7)24-14-20(18(22-4)23-5)12-8-9-15-13-16(21)10-11-17(15)20/h8-11,13,18H,12,14H2,1-7H3/t20-/m0/s1. The van der Waals surface area contributed by atoms with E-state index in [1.807, 2.05) is 12.1 Å². The Morgan fingerprint density at radius 1 is 1.20 bits per heavy atom. The lowest BCUT2D eigenvalue weighted by Gasteiger charge is -2.45. The van der Waals surface area contributed by atoms with Crippen molar-refractivity contribution in [2.45, 2.75) is 57.0 Å². The maximum absolute atomic E-state index is 6.62. The number of halogens is 1. The van der Waals surface area contributed by atoms with Crippen LogP contribution in [-0.2, 0) is 19.3 Å². The molecule has 1 aliphatic carbocycles. The first-order valence-corrected chi connectivity index (χ1v) is 12.0. The van der Waals surface area contributed by atoms with E-state index in [1.54, 1.807) is 14.2 Å². The van der Waals surface area contributed by atoms with Crippen LogP contribution in [-0.4, -0.2) is 35.4 Å². The van der Waals surface area contributed by atoms with E-state index in [0.717, 1.165) is 17.0 Å². The lowest BCUT2D eigenvalue weighted by molar-refractivity contribution is -0.158. The summed E-state index contributed by atoms with van der Waals surface area (Å²) in [6, 6.07) is 6.01. The monoisotopic (exact) mass is 382 g/mol. The Morgan fingerprint density at radius 3 is 2.40 bits per heavy atom. The zero-order valence-electron chi connectivity index (χ0n) is 16.5. The highest BCUT2D eigenvalue weighted by molar-refractivity contribution is 6.74. The normalized spacial score (nSPS) is 20.8. The van der Waals surface area contributed by atoms with E-state index in [-0.39, 0.29) is 16.7 Å². The van der Waals surface area contributed by atoms with Gasteiger partial charge in [-0.25, -0.2) is 0 Å². The van der Waals surface area contributed by atoms with Gasteiger partial charge in [0.25, 0.3) is 0 Å². The Kier molecular flexibility index (Phi) is 6.22. The zero-order chi connectivity index (χ0) is 18.9. The van der Waals surface area contributed by atoms with Gasteiger partial charge in [0.15, 0.2) is 14.6 Å². The molecule has 0 saturated carbocycles. The van der Waals surface area contributed by atoms with E-state index in [1.165, 1.54) is 5.56 Å². The largest absolute Gasteiger partial charge is 0.416 e. The lowest BCUT2D eigenvalue weighted by atomic mass is 9.72. The number of fused-ring (bicyclic) bond motifs is 1. The van der Waals surface area contributed by atoms with E-state index < -0.39 is 8.32 Å². The Bertz CT molecular complexity index is 632. The summed E-state index contributed by atoms with van der Waals surface area (Å²) in [4.78, 5) is 0. The summed E-state index contributed by atoms with van der Waals surface area (Å²) in [5.41, 5.74) is 1.90. The van der Waals surface area contributed by atoms with Crippen molar-refractivity contribution in [3.8, 4) is 0 Å². The minimum absolute atomic E-state index is 0.150. The van der Waals surface area contributed by atoms with Crippen molar-refractivity contribution < 1.29 is 13.9 Å². The number of allylic oxidation sites excluding steroid dienone is 1. The van der Waals surface area contributed by atoms with Gasteiger partial charge in [0.1, 0.15) is 0 Å². The van der Waals surface area contributed by atoms with Crippen LogP contribution in [0.5, 0.6) is 0 Å². The molecule has 0 spiro atoms. The quantitative estimate of drug-likeness (QED) is 0.471. The van der Waals surface area contributed by atoms with Crippen LogP contribution in [0.4, 0.5) is 0 Å². The second-order valence-corrected chi connectivity index (χ2v) is 13.6. The topological polar surface area (TPSA) is 27.7 Å². The molecule has 25 heavy (non-hydrogen) atoms. The molecule has 0 bridgehead atoms. The van der Waals surface area contributed by atoms with E-state index in [4.69, 9.17) is 25.5 Å². The van der Waals surface area contributed by atoms with Crippen LogP contribution in [0, 0.1) is 0 Å². The Hall–Kier alpha value is -0.653. The first-order chi connectivity index (χ1) is 11.6. The first-order valence-electron chi connectivity index (χ1n) is 8.73. The van der Waals surface area contributed by atoms with Crippen LogP contribution in [0.25, 0.3) is 6.08 Å². The summed E-state index contributed by atoms with van der Waals surface area (Å²) >= 11 is 6.21. The third-order valence-electron chi connectivity index (χ3n) is 5.71. The molecule has 0 unspecified atom stereocenters. The minimum Gasteiger partial charge on any atom is -0.416 e. The lowest BCUT2D eigenvalue weighted by Crippen LogP contribution is -2.51. The second-order valence-electron chi connectivity index (χ2n) is 8.35. The number of hydrogen-bond acceptors (Lipinski definition) is 3. The third kappa shape index (κ3) is 4.04. The molecule has 0 saturated heterocycles. The van der Waals surface area contributed by atoms with Crippen molar-refractivity contribution in [2.75, 3.05) is 20.8 Å². The number of benzene rings is 1. The average Bonchev–Trinajstić information content (AvgIpc) is 2.53. The van der Waals surface area contributed by atoms with Gasteiger partial charge < -0.3 is 13.9 Å². The third-order valence-corrected chi connectivity index (χ3v) is 10.4. The molecule has 0 fully saturated rings. The average molecular weight is 383 g/mol. The molecule has 0 amide bonds. The zero-order valence-corrected chi connectivity index (χ0v) is 18.2. The summed E-state index contributed by atoms with van der Waals surface area (Å²) in [5.74, 6) is 0. The molecular formula is C20H31ClO3Si. The van der Waals surface area contributed by atoms with Crippen LogP contribution in [0.2, 0.25) is 23.2 Å². The van der Waals surface area contributed by atoms with Crippen molar-refractivity contribution in [3.63, 3.8) is 0 Å². The van der Waals surface area contributed by atoms with Crippen molar-refractivity contribution in [3.05, 3.63) is 40.4 Å². The molecule has 2 rings (SSSR count). The number of hydrogen-bond donors (Lipinski definition) is 0. The van der Waals surface area contributed by atoms with Crippen LogP contribution in [0.3, 0.4) is 0 Å². The summed E-state index contributed by atoms with van der Waals surface area (Å²) in [6.07, 6.45) is 4.71. The highest BCUT2D eigenvalue weighted by Gasteiger charge is 2.46. The maximum atomic E-state index is 6.62. The number of methoxy groups -OCH3 is 2. The van der Waals surface area contributed by atoms with Gasteiger partial charge in [-0.3, -0.25) is 0 Å². The van der Waals surface area contributed by atoms with Crippen molar-refractivity contribution >= 4 is 26.0 Å². The van der Waals surface area contributed by atoms with Gasteiger partial charge in [0.2, 0.25) is 0 Å². The fourth-order valence-corrected chi connectivity index (χ4v) is 4.36. The molecule has 1 aromatic carbocycles. The molecule has 1 aliphatic rings. The van der Waals surface area contributed by atoms with Crippen LogP contribution in [0.1, 0.15) is 38.3 Å². The fraction of sp³-hybridized carbons (Fsp3) is 0.600. The van der Waals surface area contributed by atoms with Gasteiger partial charge in [-0.15, -0.1) is 0 Å². The summed E-state index contributed by atoms with van der Waals surface area (Å²) < 4.78 is 18.1. The molecule has 0 N–H and O–H groups in total. The predicted molar refractivity (Wildman–Crippen MR) is 108 cm³/mol. The van der Waals surface area contributed by atoms with Crippen molar-refractivity contribution in [1.82, 2.24) is 0 Å². The Balaban J connectivity index is 2.46. The molecule has 0 aliphatic heterocycles. The summed E-state index contributed by atoms with van der Waals surface area (Å²) in [7, 11) is 1.48. The molecule has 5 heteroatoms. The second kappa shape index (κ2) is 7.53. The maximum Gasteiger partial charge on any atom is 0.192 e. The van der Waals surface area contributed by atoms with Gasteiger partial charge in [0, 0.05) is 25.8 Å². The minimum atomic E-state index is -1.90. The van der Waals surface area contributed by atoms with Crippen molar-refractivity contribution in [1.29, 1.82) is 0 Å². The summed E-state index contributed by atoms with van der Waals surface area (Å²) in [6.45, 7) is 11.9. The molecule has 0 aromatic heterocycles. The van der Waals surface area contributed by atoms with Gasteiger partial charge in [-0.1, -0.05) is 50.6 Å². The van der Waals surface area contributed by atoms with Crippen LogP contribution >= 0.6 is 11.6 Å². The molecule has 140 valence electrons. The SMILES string of the molecule is COC(OC)[C@]1(CO[Si](C)(C)C(C)(C)C)CC=Cc2cc(Cl)ccc21. The van der Waals surface area contributed by atoms with E-state index >= 15 is 0 Å². The summed E-state index contributed by atoms with van der Waals surface area (Å²) in [5, 5.41) is 0.882. The highest BCUT2D eigenvalue weighted by Crippen LogP contribution is 2.44. The van der Waals surface area contributed by atoms with Crippen molar-refractivity contribution in [2.24, 2.45) is 0 Å². The van der Waals surface area contributed by atoms with E-state index in [2.05, 4.69) is 52.1 Å². The molecular weight excluding hydrogens is 352 g/mol.